The number of hydrogen-bond donors (Lipinski definition) is 2. The average Bonchev–Trinajstić information content (AvgIpc) is 2.53. The molecule has 1 aromatic carbocycles. The normalized spacial score (nSPS) is 10.5. The molecular formula is C15H12N4O2. The van der Waals surface area contributed by atoms with Gasteiger partial charge in [0.25, 0.3) is 0 Å². The Bertz CT molecular complexity index is 782. The fraction of sp³-hybridized carbons (Fsp3) is 0.0667. The molecule has 0 saturated carbocycles. The van der Waals surface area contributed by atoms with Crippen LogP contribution in [-0.4, -0.2) is 26.3 Å². The van der Waals surface area contributed by atoms with Gasteiger partial charge in [-0.2, -0.15) is 5.10 Å². The number of anilines is 1. The van der Waals surface area contributed by atoms with Crippen LogP contribution in [0.15, 0.2) is 48.8 Å². The molecule has 0 aliphatic carbocycles. The average molecular weight is 280 g/mol. The minimum Gasteiger partial charge on any atom is -0.477 e. The molecule has 0 radical (unpaired) electrons. The monoisotopic (exact) mass is 280 g/mol. The highest BCUT2D eigenvalue weighted by atomic mass is 16.4. The molecule has 0 fully saturated rings. The van der Waals surface area contributed by atoms with Crippen molar-refractivity contribution >= 4 is 22.6 Å². The summed E-state index contributed by atoms with van der Waals surface area (Å²) in [6.45, 7) is 0.496. The predicted octanol–water partition coefficient (Wildman–Crippen LogP) is 2.34. The van der Waals surface area contributed by atoms with Crippen molar-refractivity contribution in [1.29, 1.82) is 0 Å². The number of nitrogens with zero attached hydrogens (tertiary/aromatic N) is 3. The first kappa shape index (κ1) is 13.0. The molecule has 104 valence electrons. The van der Waals surface area contributed by atoms with Gasteiger partial charge >= 0.3 is 5.97 Å². The lowest BCUT2D eigenvalue weighted by molar-refractivity contribution is 0.0690. The number of aromatic carboxylic acids is 1. The molecule has 2 heterocycles. The molecule has 21 heavy (non-hydrogen) atoms. The lowest BCUT2D eigenvalue weighted by Gasteiger charge is -2.07. The van der Waals surface area contributed by atoms with E-state index >= 15 is 0 Å². The lowest BCUT2D eigenvalue weighted by Crippen LogP contribution is -2.05. The van der Waals surface area contributed by atoms with Crippen LogP contribution in [0, 0.1) is 0 Å². The lowest BCUT2D eigenvalue weighted by atomic mass is 10.2. The van der Waals surface area contributed by atoms with Crippen LogP contribution in [0.1, 0.15) is 16.1 Å². The summed E-state index contributed by atoms with van der Waals surface area (Å²) in [6.07, 6.45) is 3.25. The molecule has 0 atom stereocenters. The number of benzene rings is 1. The van der Waals surface area contributed by atoms with Crippen molar-refractivity contribution in [2.75, 3.05) is 5.32 Å². The van der Waals surface area contributed by atoms with E-state index in [1.807, 2.05) is 24.3 Å². The Balaban J connectivity index is 1.79. The maximum Gasteiger partial charge on any atom is 0.354 e. The van der Waals surface area contributed by atoms with Crippen LogP contribution in [-0.2, 0) is 6.54 Å². The molecular weight excluding hydrogens is 268 g/mol. The van der Waals surface area contributed by atoms with E-state index in [-0.39, 0.29) is 5.69 Å². The van der Waals surface area contributed by atoms with Gasteiger partial charge in [-0.15, -0.1) is 5.10 Å². The van der Waals surface area contributed by atoms with Crippen molar-refractivity contribution < 1.29 is 9.90 Å². The van der Waals surface area contributed by atoms with E-state index in [0.29, 0.717) is 12.4 Å². The Morgan fingerprint density at radius 1 is 1.14 bits per heavy atom. The van der Waals surface area contributed by atoms with Gasteiger partial charge < -0.3 is 10.4 Å². The molecule has 0 aliphatic rings. The highest BCUT2D eigenvalue weighted by Crippen LogP contribution is 2.19. The number of carboxylic acid groups (broad SMARTS) is 1. The van der Waals surface area contributed by atoms with Gasteiger partial charge in [0.1, 0.15) is 5.69 Å². The minimum atomic E-state index is -1.03. The Morgan fingerprint density at radius 3 is 2.76 bits per heavy atom. The summed E-state index contributed by atoms with van der Waals surface area (Å²) in [5.74, 6) is -0.343. The smallest absolute Gasteiger partial charge is 0.354 e. The number of aromatic nitrogens is 3. The quantitative estimate of drug-likeness (QED) is 0.762. The molecule has 0 amide bonds. The number of fused-ring (bicyclic) bond motifs is 1. The number of nitrogens with one attached hydrogen (secondary N) is 1. The summed E-state index contributed by atoms with van der Waals surface area (Å²) in [4.78, 5) is 14.6. The molecule has 6 heteroatoms. The second kappa shape index (κ2) is 5.54. The zero-order valence-electron chi connectivity index (χ0n) is 11.0. The molecule has 6 nitrogen and oxygen atoms in total. The van der Waals surface area contributed by atoms with E-state index in [4.69, 9.17) is 5.11 Å². The number of pyridine rings is 1. The van der Waals surface area contributed by atoms with Crippen LogP contribution in [0.2, 0.25) is 0 Å². The maximum absolute atomic E-state index is 10.7. The van der Waals surface area contributed by atoms with Crippen LogP contribution >= 0.6 is 0 Å². The molecule has 0 bridgehead atoms. The van der Waals surface area contributed by atoms with E-state index in [1.165, 1.54) is 12.3 Å². The van der Waals surface area contributed by atoms with Crippen molar-refractivity contribution in [3.05, 3.63) is 60.0 Å². The van der Waals surface area contributed by atoms with Gasteiger partial charge in [0.2, 0.25) is 0 Å². The molecule has 0 spiro atoms. The number of carboxylic acids is 1. The first-order chi connectivity index (χ1) is 10.2. The van der Waals surface area contributed by atoms with Crippen LogP contribution < -0.4 is 5.32 Å². The van der Waals surface area contributed by atoms with Gasteiger partial charge in [0, 0.05) is 23.5 Å². The fourth-order valence-electron chi connectivity index (χ4n) is 2.00. The van der Waals surface area contributed by atoms with Crippen molar-refractivity contribution in [3.8, 4) is 0 Å². The van der Waals surface area contributed by atoms with Crippen LogP contribution in [0.4, 0.5) is 5.82 Å². The van der Waals surface area contributed by atoms with Crippen molar-refractivity contribution in [2.24, 2.45) is 0 Å². The summed E-state index contributed by atoms with van der Waals surface area (Å²) in [7, 11) is 0. The third-order valence-electron chi connectivity index (χ3n) is 3.07. The second-order valence-electron chi connectivity index (χ2n) is 4.49. The van der Waals surface area contributed by atoms with Gasteiger partial charge in [-0.05, 0) is 11.6 Å². The summed E-state index contributed by atoms with van der Waals surface area (Å²) >= 11 is 0. The summed E-state index contributed by atoms with van der Waals surface area (Å²) in [6, 6.07) is 11.0. The first-order valence-electron chi connectivity index (χ1n) is 6.36. The van der Waals surface area contributed by atoms with Gasteiger partial charge in [-0.1, -0.05) is 30.3 Å². The predicted molar refractivity (Wildman–Crippen MR) is 78.1 cm³/mol. The first-order valence-corrected chi connectivity index (χ1v) is 6.36. The van der Waals surface area contributed by atoms with E-state index in [1.54, 1.807) is 12.3 Å². The standard InChI is InChI=1S/C15H12N4O2/c20-15(21)13-6-5-10(7-16-13)8-17-14-12-4-2-1-3-11(12)9-18-19-14/h1-7,9H,8H2,(H,17,19)(H,20,21). The largest absolute Gasteiger partial charge is 0.477 e. The Morgan fingerprint density at radius 2 is 2.00 bits per heavy atom. The molecule has 3 aromatic rings. The Hall–Kier alpha value is -3.02. The minimum absolute atomic E-state index is 0.0312. The van der Waals surface area contributed by atoms with Gasteiger partial charge in [-0.25, -0.2) is 9.78 Å². The van der Waals surface area contributed by atoms with E-state index < -0.39 is 5.97 Å². The third kappa shape index (κ3) is 2.79. The van der Waals surface area contributed by atoms with E-state index in [2.05, 4.69) is 20.5 Å². The zero-order valence-corrected chi connectivity index (χ0v) is 11.0. The molecule has 2 N–H and O–H groups in total. The molecule has 2 aromatic heterocycles. The number of rotatable bonds is 4. The van der Waals surface area contributed by atoms with Gasteiger partial charge in [0.15, 0.2) is 5.82 Å². The second-order valence-corrected chi connectivity index (χ2v) is 4.49. The van der Waals surface area contributed by atoms with Crippen LogP contribution in [0.5, 0.6) is 0 Å². The Labute approximate surface area is 120 Å². The number of carbonyl (C=O) groups is 1. The zero-order chi connectivity index (χ0) is 14.7. The van der Waals surface area contributed by atoms with Crippen molar-refractivity contribution in [2.45, 2.75) is 6.54 Å². The molecule has 3 rings (SSSR count). The third-order valence-corrected chi connectivity index (χ3v) is 3.07. The van der Waals surface area contributed by atoms with Crippen molar-refractivity contribution in [1.82, 2.24) is 15.2 Å². The topological polar surface area (TPSA) is 88.0 Å². The van der Waals surface area contributed by atoms with Gasteiger partial charge in [-0.3, -0.25) is 0 Å². The molecule has 0 saturated heterocycles. The van der Waals surface area contributed by atoms with E-state index in [9.17, 15) is 4.79 Å². The molecule has 0 aliphatic heterocycles. The SMILES string of the molecule is O=C(O)c1ccc(CNc2nncc3ccccc23)cn1. The number of hydrogen-bond acceptors (Lipinski definition) is 5. The van der Waals surface area contributed by atoms with E-state index in [0.717, 1.165) is 16.3 Å². The Kier molecular flexibility index (Phi) is 3.42. The maximum atomic E-state index is 10.7. The highest BCUT2D eigenvalue weighted by molar-refractivity contribution is 5.90. The van der Waals surface area contributed by atoms with Crippen LogP contribution in [0.3, 0.4) is 0 Å². The highest BCUT2D eigenvalue weighted by Gasteiger charge is 2.05. The van der Waals surface area contributed by atoms with Gasteiger partial charge in [0.05, 0.1) is 6.20 Å². The van der Waals surface area contributed by atoms with Crippen LogP contribution in [0.25, 0.3) is 10.8 Å². The fourth-order valence-corrected chi connectivity index (χ4v) is 2.00. The molecule has 0 unspecified atom stereocenters. The summed E-state index contributed by atoms with van der Waals surface area (Å²) in [5.41, 5.74) is 0.901. The summed E-state index contributed by atoms with van der Waals surface area (Å²) in [5, 5.41) is 22.0. The summed E-state index contributed by atoms with van der Waals surface area (Å²) < 4.78 is 0. The van der Waals surface area contributed by atoms with Crippen molar-refractivity contribution in [3.63, 3.8) is 0 Å².